The fourth-order valence-corrected chi connectivity index (χ4v) is 2.39. The highest BCUT2D eigenvalue weighted by atomic mass is 35.5. The molecule has 0 bridgehead atoms. The van der Waals surface area contributed by atoms with Gasteiger partial charge >= 0.3 is 0 Å². The van der Waals surface area contributed by atoms with Gasteiger partial charge in [-0.2, -0.15) is 5.10 Å². The summed E-state index contributed by atoms with van der Waals surface area (Å²) in [6.07, 6.45) is 1.92. The average Bonchev–Trinajstić information content (AvgIpc) is 2.54. The molecule has 1 atom stereocenters. The Morgan fingerprint density at radius 3 is 2.61 bits per heavy atom. The van der Waals surface area contributed by atoms with E-state index in [0.717, 1.165) is 10.2 Å². The van der Waals surface area contributed by atoms with E-state index in [1.54, 1.807) is 14.1 Å². The molecule has 0 aliphatic rings. The molecule has 1 unspecified atom stereocenters. The molecule has 2 rings (SSSR count). The van der Waals surface area contributed by atoms with Crippen LogP contribution in [0, 0.1) is 0 Å². The van der Waals surface area contributed by atoms with Crippen LogP contribution in [0.2, 0.25) is 5.02 Å². The van der Waals surface area contributed by atoms with Gasteiger partial charge in [0.25, 0.3) is 5.56 Å². The lowest BCUT2D eigenvalue weighted by Gasteiger charge is -2.23. The van der Waals surface area contributed by atoms with Gasteiger partial charge in [-0.1, -0.05) is 41.9 Å². The number of nitrogens with zero attached hydrogens (tertiary/aromatic N) is 3. The van der Waals surface area contributed by atoms with E-state index in [9.17, 15) is 9.59 Å². The number of aryl methyl sites for hydroxylation is 1. The molecule has 0 saturated heterocycles. The van der Waals surface area contributed by atoms with E-state index in [0.29, 0.717) is 12.1 Å². The van der Waals surface area contributed by atoms with Gasteiger partial charge in [0.15, 0.2) is 0 Å². The lowest BCUT2D eigenvalue weighted by Crippen LogP contribution is -2.41. The van der Waals surface area contributed by atoms with Crippen molar-refractivity contribution in [2.24, 2.45) is 7.05 Å². The van der Waals surface area contributed by atoms with E-state index < -0.39 is 11.6 Å². The van der Waals surface area contributed by atoms with Crippen molar-refractivity contribution in [2.75, 3.05) is 19.4 Å². The van der Waals surface area contributed by atoms with Crippen LogP contribution >= 0.6 is 11.6 Å². The van der Waals surface area contributed by atoms with Crippen LogP contribution in [-0.4, -0.2) is 40.7 Å². The number of benzene rings is 1. The monoisotopic (exact) mass is 334 g/mol. The maximum atomic E-state index is 12.4. The third-order valence-corrected chi connectivity index (χ3v) is 3.79. The van der Waals surface area contributed by atoms with Gasteiger partial charge in [0.05, 0.1) is 11.9 Å². The molecular weight excluding hydrogens is 316 g/mol. The van der Waals surface area contributed by atoms with Crippen molar-refractivity contribution in [2.45, 2.75) is 12.5 Å². The van der Waals surface area contributed by atoms with Crippen molar-refractivity contribution < 1.29 is 4.79 Å². The molecule has 0 fully saturated rings. The Morgan fingerprint density at radius 1 is 1.35 bits per heavy atom. The molecule has 1 aromatic carbocycles. The van der Waals surface area contributed by atoms with Crippen LogP contribution in [0.3, 0.4) is 0 Å². The van der Waals surface area contributed by atoms with Crippen LogP contribution in [0.5, 0.6) is 0 Å². The Balaban J connectivity index is 2.30. The number of anilines is 1. The molecule has 0 saturated carbocycles. The van der Waals surface area contributed by atoms with Gasteiger partial charge in [-0.25, -0.2) is 4.68 Å². The van der Waals surface area contributed by atoms with Crippen LogP contribution in [0.4, 0.5) is 5.69 Å². The fourth-order valence-electron chi connectivity index (χ4n) is 2.16. The minimum absolute atomic E-state index is 0.0205. The maximum Gasteiger partial charge on any atom is 0.287 e. The number of likely N-dealkylation sites (N-methyl/N-ethyl adjacent to an activating group) is 1. The lowest BCUT2D eigenvalue weighted by atomic mass is 10.0. The zero-order valence-corrected chi connectivity index (χ0v) is 14.0. The van der Waals surface area contributed by atoms with E-state index in [2.05, 4.69) is 10.4 Å². The molecule has 122 valence electrons. The minimum Gasteiger partial charge on any atom is -0.371 e. The van der Waals surface area contributed by atoms with Crippen LogP contribution in [0.1, 0.15) is 5.56 Å². The second-order valence-electron chi connectivity index (χ2n) is 5.42. The average molecular weight is 335 g/mol. The molecule has 1 N–H and O–H groups in total. The van der Waals surface area contributed by atoms with E-state index in [-0.39, 0.29) is 10.9 Å². The summed E-state index contributed by atoms with van der Waals surface area (Å²) in [7, 11) is 4.89. The molecule has 0 aliphatic carbocycles. The molecule has 1 heterocycles. The Bertz CT molecular complexity index is 743. The van der Waals surface area contributed by atoms with Gasteiger partial charge in [0, 0.05) is 27.6 Å². The summed E-state index contributed by atoms with van der Waals surface area (Å²) in [6.45, 7) is 0. The number of carbonyl (C=O) groups excluding carboxylic acids is 1. The van der Waals surface area contributed by atoms with Crippen LogP contribution in [0.25, 0.3) is 0 Å². The summed E-state index contributed by atoms with van der Waals surface area (Å²) in [4.78, 5) is 25.8. The first-order valence-corrected chi connectivity index (χ1v) is 7.51. The van der Waals surface area contributed by atoms with E-state index >= 15 is 0 Å². The first-order chi connectivity index (χ1) is 10.9. The summed E-state index contributed by atoms with van der Waals surface area (Å²) < 4.78 is 1.15. The molecule has 0 aliphatic heterocycles. The highest BCUT2D eigenvalue weighted by Crippen LogP contribution is 2.18. The number of hydrogen-bond donors (Lipinski definition) is 1. The highest BCUT2D eigenvalue weighted by molar-refractivity contribution is 6.33. The van der Waals surface area contributed by atoms with Crippen molar-refractivity contribution in [1.82, 2.24) is 14.7 Å². The molecule has 7 heteroatoms. The van der Waals surface area contributed by atoms with E-state index in [1.165, 1.54) is 18.1 Å². The quantitative estimate of drug-likeness (QED) is 0.900. The maximum absolute atomic E-state index is 12.4. The van der Waals surface area contributed by atoms with Gasteiger partial charge in [0.2, 0.25) is 5.91 Å². The Kier molecular flexibility index (Phi) is 5.39. The third kappa shape index (κ3) is 4.10. The zero-order chi connectivity index (χ0) is 17.0. The number of hydrogen-bond acceptors (Lipinski definition) is 4. The summed E-state index contributed by atoms with van der Waals surface area (Å²) in [5.41, 5.74) is 0.950. The summed E-state index contributed by atoms with van der Waals surface area (Å²) >= 11 is 6.07. The summed E-state index contributed by atoms with van der Waals surface area (Å²) in [5.74, 6) is -0.106. The van der Waals surface area contributed by atoms with Crippen molar-refractivity contribution in [3.8, 4) is 0 Å². The topological polar surface area (TPSA) is 67.2 Å². The molecule has 1 amide bonds. The van der Waals surface area contributed by atoms with Crippen molar-refractivity contribution in [3.05, 3.63) is 57.5 Å². The van der Waals surface area contributed by atoms with Crippen molar-refractivity contribution in [1.29, 1.82) is 0 Å². The molecule has 6 nitrogen and oxygen atoms in total. The van der Waals surface area contributed by atoms with Gasteiger partial charge in [-0.3, -0.25) is 9.59 Å². The Morgan fingerprint density at radius 2 is 2.00 bits per heavy atom. The second kappa shape index (κ2) is 7.28. The smallest absolute Gasteiger partial charge is 0.287 e. The number of carbonyl (C=O) groups is 1. The first-order valence-electron chi connectivity index (χ1n) is 7.13. The van der Waals surface area contributed by atoms with Gasteiger partial charge in [-0.05, 0) is 5.56 Å². The second-order valence-corrected chi connectivity index (χ2v) is 5.80. The number of aromatic nitrogens is 2. The predicted octanol–water partition coefficient (Wildman–Crippen LogP) is 1.55. The number of halogens is 1. The van der Waals surface area contributed by atoms with Gasteiger partial charge in [-0.15, -0.1) is 0 Å². The molecule has 0 radical (unpaired) electrons. The Hall–Kier alpha value is -2.34. The summed E-state index contributed by atoms with van der Waals surface area (Å²) in [6, 6.07) is 9.10. The van der Waals surface area contributed by atoms with Crippen molar-refractivity contribution >= 4 is 23.2 Å². The van der Waals surface area contributed by atoms with E-state index in [4.69, 9.17) is 11.6 Å². The lowest BCUT2D eigenvalue weighted by molar-refractivity contribution is -0.129. The molecule has 0 spiro atoms. The highest BCUT2D eigenvalue weighted by Gasteiger charge is 2.22. The molecule has 1 aromatic heterocycles. The number of nitrogens with one attached hydrogen (secondary N) is 1. The van der Waals surface area contributed by atoms with E-state index in [1.807, 2.05) is 30.3 Å². The molecule has 2 aromatic rings. The van der Waals surface area contributed by atoms with Crippen LogP contribution in [0.15, 0.2) is 41.3 Å². The SMILES string of the molecule is CN(C)C(=O)C(Cc1ccccc1)Nc1cnn(C)c(=O)c1Cl. The Labute approximate surface area is 139 Å². The minimum atomic E-state index is -0.543. The fraction of sp³-hybridized carbons (Fsp3) is 0.312. The van der Waals surface area contributed by atoms with Crippen molar-refractivity contribution in [3.63, 3.8) is 0 Å². The van der Waals surface area contributed by atoms with Crippen LogP contribution in [-0.2, 0) is 18.3 Å². The first kappa shape index (κ1) is 17.0. The zero-order valence-electron chi connectivity index (χ0n) is 13.3. The normalized spacial score (nSPS) is 11.8. The largest absolute Gasteiger partial charge is 0.371 e. The van der Waals surface area contributed by atoms with Gasteiger partial charge in [0.1, 0.15) is 11.1 Å². The van der Waals surface area contributed by atoms with Crippen LogP contribution < -0.4 is 10.9 Å². The molecule has 23 heavy (non-hydrogen) atoms. The number of rotatable bonds is 5. The summed E-state index contributed by atoms with van der Waals surface area (Å²) in [5, 5.41) is 7.00. The van der Waals surface area contributed by atoms with Gasteiger partial charge < -0.3 is 10.2 Å². The third-order valence-electron chi connectivity index (χ3n) is 3.43. The predicted molar refractivity (Wildman–Crippen MR) is 90.7 cm³/mol. The molecular formula is C16H19ClN4O2. The number of amides is 1. The standard InChI is InChI=1S/C16H19ClN4O2/c1-20(2)15(22)12(9-11-7-5-4-6-8-11)19-13-10-18-21(3)16(23)14(13)17/h4-8,10,12,19H,9H2,1-3H3.